The molecular formula is C12H13BrFNO3. The summed E-state index contributed by atoms with van der Waals surface area (Å²) in [6, 6.07) is 2.70. The van der Waals surface area contributed by atoms with Gasteiger partial charge >= 0.3 is 5.97 Å². The Balaban J connectivity index is 2.34. The molecule has 0 bridgehead atoms. The average molecular weight is 318 g/mol. The van der Waals surface area contributed by atoms with Crippen molar-refractivity contribution in [3.05, 3.63) is 28.0 Å². The molecule has 1 aromatic rings. The molecule has 1 heterocycles. The predicted octanol–water partition coefficient (Wildman–Crippen LogP) is 2.33. The summed E-state index contributed by atoms with van der Waals surface area (Å²) in [4.78, 5) is 10.9. The van der Waals surface area contributed by atoms with Gasteiger partial charge in [-0.3, -0.25) is 4.79 Å². The number of hydrogen-bond acceptors (Lipinski definition) is 3. The highest BCUT2D eigenvalue weighted by molar-refractivity contribution is 9.10. The van der Waals surface area contributed by atoms with E-state index in [1.807, 2.05) is 0 Å². The zero-order chi connectivity index (χ0) is 13.3. The molecule has 2 unspecified atom stereocenters. The zero-order valence-corrected chi connectivity index (χ0v) is 11.3. The van der Waals surface area contributed by atoms with Gasteiger partial charge in [0.1, 0.15) is 0 Å². The van der Waals surface area contributed by atoms with E-state index >= 15 is 0 Å². The molecule has 1 aliphatic heterocycles. The molecule has 4 nitrogen and oxygen atoms in total. The summed E-state index contributed by atoms with van der Waals surface area (Å²) in [7, 11) is 1.40. The average Bonchev–Trinajstić information content (AvgIpc) is 2.81. The van der Waals surface area contributed by atoms with Gasteiger partial charge in [0.15, 0.2) is 11.6 Å². The normalized spacial score (nSPS) is 23.1. The summed E-state index contributed by atoms with van der Waals surface area (Å²) in [5.41, 5.74) is 0.640. The third kappa shape index (κ3) is 2.35. The van der Waals surface area contributed by atoms with Gasteiger partial charge in [-0.2, -0.15) is 0 Å². The second kappa shape index (κ2) is 5.24. The van der Waals surface area contributed by atoms with Crippen molar-refractivity contribution in [2.24, 2.45) is 5.92 Å². The molecule has 1 saturated heterocycles. The molecular weight excluding hydrogens is 305 g/mol. The molecule has 0 saturated carbocycles. The Kier molecular flexibility index (Phi) is 3.87. The molecule has 2 N–H and O–H groups in total. The number of rotatable bonds is 3. The first-order valence-electron chi connectivity index (χ1n) is 5.52. The quantitative estimate of drug-likeness (QED) is 0.898. The third-order valence-corrected chi connectivity index (χ3v) is 3.82. The number of halogens is 2. The van der Waals surface area contributed by atoms with Crippen molar-refractivity contribution < 1.29 is 19.0 Å². The van der Waals surface area contributed by atoms with E-state index in [4.69, 9.17) is 9.84 Å². The van der Waals surface area contributed by atoms with Crippen LogP contribution in [0.25, 0.3) is 0 Å². The Morgan fingerprint density at radius 1 is 1.61 bits per heavy atom. The number of carboxylic acids is 1. The summed E-state index contributed by atoms with van der Waals surface area (Å²) in [5.74, 6) is -1.57. The number of methoxy groups -OCH3 is 1. The largest absolute Gasteiger partial charge is 0.493 e. The monoisotopic (exact) mass is 317 g/mol. The summed E-state index contributed by atoms with van der Waals surface area (Å²) >= 11 is 3.35. The predicted molar refractivity (Wildman–Crippen MR) is 67.1 cm³/mol. The van der Waals surface area contributed by atoms with Crippen molar-refractivity contribution in [2.75, 3.05) is 13.7 Å². The lowest BCUT2D eigenvalue weighted by Gasteiger charge is -2.17. The second-order valence-electron chi connectivity index (χ2n) is 4.21. The van der Waals surface area contributed by atoms with Crippen LogP contribution in [-0.4, -0.2) is 24.7 Å². The number of nitrogens with one attached hydrogen (secondary N) is 1. The number of ether oxygens (including phenoxy) is 1. The molecule has 1 fully saturated rings. The molecule has 0 spiro atoms. The molecule has 1 aliphatic rings. The van der Waals surface area contributed by atoms with Gasteiger partial charge in [-0.05, 0) is 18.6 Å². The lowest BCUT2D eigenvalue weighted by molar-refractivity contribution is -0.141. The highest BCUT2D eigenvalue weighted by Crippen LogP contribution is 2.39. The molecule has 0 aliphatic carbocycles. The maximum absolute atomic E-state index is 13.6. The van der Waals surface area contributed by atoms with Gasteiger partial charge in [0.2, 0.25) is 0 Å². The van der Waals surface area contributed by atoms with Crippen molar-refractivity contribution in [3.63, 3.8) is 0 Å². The number of hydrogen-bond donors (Lipinski definition) is 2. The fourth-order valence-corrected chi connectivity index (χ4v) is 2.81. The topological polar surface area (TPSA) is 58.6 Å². The van der Waals surface area contributed by atoms with Crippen LogP contribution >= 0.6 is 15.9 Å². The summed E-state index contributed by atoms with van der Waals surface area (Å²) < 4.78 is 19.4. The van der Waals surface area contributed by atoms with Gasteiger partial charge in [-0.15, -0.1) is 0 Å². The van der Waals surface area contributed by atoms with E-state index in [0.717, 1.165) is 0 Å². The number of carbonyl (C=O) groups is 1. The second-order valence-corrected chi connectivity index (χ2v) is 5.06. The Labute approximate surface area is 112 Å². The van der Waals surface area contributed by atoms with Crippen molar-refractivity contribution in [2.45, 2.75) is 12.5 Å². The van der Waals surface area contributed by atoms with Gasteiger partial charge in [-0.25, -0.2) is 4.39 Å². The summed E-state index contributed by atoms with van der Waals surface area (Å²) in [6.45, 7) is 0.381. The van der Waals surface area contributed by atoms with Crippen LogP contribution in [0.1, 0.15) is 18.0 Å². The summed E-state index contributed by atoms with van der Waals surface area (Å²) in [5, 5.41) is 12.1. The maximum Gasteiger partial charge on any atom is 0.307 e. The Hall–Kier alpha value is -1.14. The van der Waals surface area contributed by atoms with Crippen LogP contribution in [0.4, 0.5) is 4.39 Å². The third-order valence-electron chi connectivity index (χ3n) is 3.13. The maximum atomic E-state index is 13.6. The first kappa shape index (κ1) is 13.3. The van der Waals surface area contributed by atoms with E-state index in [0.29, 0.717) is 23.0 Å². The number of aliphatic carboxylic acids is 1. The fraction of sp³-hybridized carbons (Fsp3) is 0.417. The minimum absolute atomic E-state index is 0.160. The smallest absolute Gasteiger partial charge is 0.307 e. The molecule has 0 radical (unpaired) electrons. The van der Waals surface area contributed by atoms with Crippen molar-refractivity contribution in [3.8, 4) is 5.75 Å². The van der Waals surface area contributed by atoms with Crippen LogP contribution < -0.4 is 10.1 Å². The molecule has 6 heteroatoms. The van der Waals surface area contributed by atoms with Crippen LogP contribution in [-0.2, 0) is 4.79 Å². The lowest BCUT2D eigenvalue weighted by atomic mass is 9.99. The van der Waals surface area contributed by atoms with Crippen molar-refractivity contribution in [1.82, 2.24) is 5.32 Å². The summed E-state index contributed by atoms with van der Waals surface area (Å²) in [6.07, 6.45) is 0.424. The Morgan fingerprint density at radius 3 is 2.89 bits per heavy atom. The SMILES string of the molecule is COc1c(F)ccc(Br)c1C1CC(C(=O)O)CN1. The molecule has 0 aromatic heterocycles. The van der Waals surface area contributed by atoms with Crippen LogP contribution in [0.15, 0.2) is 16.6 Å². The van der Waals surface area contributed by atoms with E-state index in [1.54, 1.807) is 6.07 Å². The first-order chi connectivity index (χ1) is 8.54. The minimum Gasteiger partial charge on any atom is -0.493 e. The van der Waals surface area contributed by atoms with E-state index in [1.165, 1.54) is 13.2 Å². The van der Waals surface area contributed by atoms with Crippen molar-refractivity contribution >= 4 is 21.9 Å². The van der Waals surface area contributed by atoms with E-state index in [2.05, 4.69) is 21.2 Å². The molecule has 2 rings (SSSR count). The van der Waals surface area contributed by atoms with Gasteiger partial charge in [0.05, 0.1) is 13.0 Å². The zero-order valence-electron chi connectivity index (χ0n) is 9.74. The van der Waals surface area contributed by atoms with E-state index in [9.17, 15) is 9.18 Å². The highest BCUT2D eigenvalue weighted by Gasteiger charge is 2.33. The molecule has 18 heavy (non-hydrogen) atoms. The van der Waals surface area contributed by atoms with Crippen LogP contribution in [0, 0.1) is 11.7 Å². The van der Waals surface area contributed by atoms with E-state index in [-0.39, 0.29) is 11.8 Å². The van der Waals surface area contributed by atoms with Gasteiger partial charge in [0, 0.05) is 22.6 Å². The van der Waals surface area contributed by atoms with E-state index < -0.39 is 17.7 Å². The Morgan fingerprint density at radius 2 is 2.33 bits per heavy atom. The lowest BCUT2D eigenvalue weighted by Crippen LogP contribution is -2.17. The number of carboxylic acid groups (broad SMARTS) is 1. The standard InChI is InChI=1S/C12H13BrFNO3/c1-18-11-8(14)3-2-7(13)10(11)9-4-6(5-15-9)12(16)17/h2-3,6,9,15H,4-5H2,1H3,(H,16,17). The molecule has 98 valence electrons. The highest BCUT2D eigenvalue weighted by atomic mass is 79.9. The van der Waals surface area contributed by atoms with Crippen LogP contribution in [0.5, 0.6) is 5.75 Å². The van der Waals surface area contributed by atoms with Crippen LogP contribution in [0.2, 0.25) is 0 Å². The van der Waals surface area contributed by atoms with Gasteiger partial charge in [-0.1, -0.05) is 15.9 Å². The Bertz CT molecular complexity index is 481. The van der Waals surface area contributed by atoms with Crippen LogP contribution in [0.3, 0.4) is 0 Å². The fourth-order valence-electron chi connectivity index (χ4n) is 2.22. The molecule has 2 atom stereocenters. The number of benzene rings is 1. The molecule has 0 amide bonds. The minimum atomic E-state index is -0.837. The van der Waals surface area contributed by atoms with Gasteiger partial charge < -0.3 is 15.2 Å². The van der Waals surface area contributed by atoms with Crippen molar-refractivity contribution in [1.29, 1.82) is 0 Å². The van der Waals surface area contributed by atoms with Gasteiger partial charge in [0.25, 0.3) is 0 Å². The molecule has 1 aromatic carbocycles. The first-order valence-corrected chi connectivity index (χ1v) is 6.32.